The van der Waals surface area contributed by atoms with Gasteiger partial charge in [0.25, 0.3) is 0 Å². The van der Waals surface area contributed by atoms with E-state index in [1.54, 1.807) is 0 Å². The number of carbonyl (C=O) groups excluding carboxylic acids is 1. The molecule has 84 valence electrons. The summed E-state index contributed by atoms with van der Waals surface area (Å²) in [5.41, 5.74) is 0. The first-order valence-corrected chi connectivity index (χ1v) is 5.52. The molecular formula is C11H23NO2. The van der Waals surface area contributed by atoms with Crippen molar-refractivity contribution in [2.45, 2.75) is 46.1 Å². The van der Waals surface area contributed by atoms with Gasteiger partial charge in [0, 0.05) is 0 Å². The average molecular weight is 201 g/mol. The molecule has 0 amide bonds. The Bertz CT molecular complexity index is 159. The summed E-state index contributed by atoms with van der Waals surface area (Å²) in [6.45, 7) is 7.07. The van der Waals surface area contributed by atoms with E-state index in [-0.39, 0.29) is 12.0 Å². The Kier molecular flexibility index (Phi) is 7.48. The molecule has 0 aliphatic heterocycles. The van der Waals surface area contributed by atoms with Crippen LogP contribution in [0.3, 0.4) is 0 Å². The summed E-state index contributed by atoms with van der Waals surface area (Å²) in [5.74, 6) is 0.263. The summed E-state index contributed by atoms with van der Waals surface area (Å²) < 4.78 is 4.79. The van der Waals surface area contributed by atoms with Gasteiger partial charge < -0.3 is 10.1 Å². The van der Waals surface area contributed by atoms with E-state index in [1.165, 1.54) is 7.11 Å². The monoisotopic (exact) mass is 201 g/mol. The van der Waals surface area contributed by atoms with Crippen molar-refractivity contribution in [3.05, 3.63) is 0 Å². The number of hydrogen-bond acceptors (Lipinski definition) is 3. The first kappa shape index (κ1) is 13.4. The van der Waals surface area contributed by atoms with Gasteiger partial charge in [0.05, 0.1) is 7.11 Å². The SMILES string of the molecule is CCCC(CC)C(NCC)C(=O)OC. The van der Waals surface area contributed by atoms with Gasteiger partial charge in [0.15, 0.2) is 0 Å². The van der Waals surface area contributed by atoms with Crippen molar-refractivity contribution in [2.75, 3.05) is 13.7 Å². The third-order valence-electron chi connectivity index (χ3n) is 2.53. The Morgan fingerprint density at radius 3 is 2.36 bits per heavy atom. The lowest BCUT2D eigenvalue weighted by Gasteiger charge is -2.24. The van der Waals surface area contributed by atoms with Crippen LogP contribution in [0.1, 0.15) is 40.0 Å². The van der Waals surface area contributed by atoms with Crippen molar-refractivity contribution in [2.24, 2.45) is 5.92 Å². The maximum Gasteiger partial charge on any atom is 0.323 e. The number of esters is 1. The Labute approximate surface area is 87.2 Å². The molecule has 0 saturated carbocycles. The number of carbonyl (C=O) groups is 1. The maximum atomic E-state index is 11.5. The number of hydrogen-bond donors (Lipinski definition) is 1. The summed E-state index contributed by atoms with van der Waals surface area (Å²) in [5, 5.41) is 3.19. The molecule has 1 N–H and O–H groups in total. The summed E-state index contributed by atoms with van der Waals surface area (Å²) in [4.78, 5) is 11.5. The van der Waals surface area contributed by atoms with Crippen molar-refractivity contribution in [3.8, 4) is 0 Å². The predicted molar refractivity (Wildman–Crippen MR) is 58.2 cm³/mol. The highest BCUT2D eigenvalue weighted by molar-refractivity contribution is 5.76. The van der Waals surface area contributed by atoms with Crippen LogP contribution in [0, 0.1) is 5.92 Å². The lowest BCUT2D eigenvalue weighted by atomic mass is 9.92. The summed E-state index contributed by atoms with van der Waals surface area (Å²) in [6.07, 6.45) is 3.20. The molecule has 0 rings (SSSR count). The Balaban J connectivity index is 4.33. The third-order valence-corrected chi connectivity index (χ3v) is 2.53. The predicted octanol–water partition coefficient (Wildman–Crippen LogP) is 1.96. The lowest BCUT2D eigenvalue weighted by Crippen LogP contribution is -2.43. The molecule has 0 saturated heterocycles. The largest absolute Gasteiger partial charge is 0.468 e. The van der Waals surface area contributed by atoms with Gasteiger partial charge in [-0.2, -0.15) is 0 Å². The molecule has 14 heavy (non-hydrogen) atoms. The number of ether oxygens (including phenoxy) is 1. The highest BCUT2D eigenvalue weighted by atomic mass is 16.5. The van der Waals surface area contributed by atoms with E-state index in [9.17, 15) is 4.79 Å². The summed E-state index contributed by atoms with van der Waals surface area (Å²) in [7, 11) is 1.45. The number of likely N-dealkylation sites (N-methyl/N-ethyl adjacent to an activating group) is 1. The second-order valence-corrected chi connectivity index (χ2v) is 3.52. The van der Waals surface area contributed by atoms with Crippen LogP contribution >= 0.6 is 0 Å². The molecule has 0 aromatic heterocycles. The van der Waals surface area contributed by atoms with Crippen molar-refractivity contribution in [1.29, 1.82) is 0 Å². The molecule has 0 bridgehead atoms. The van der Waals surface area contributed by atoms with Crippen LogP contribution in [0.5, 0.6) is 0 Å². The van der Waals surface area contributed by atoms with Gasteiger partial charge in [-0.25, -0.2) is 0 Å². The van der Waals surface area contributed by atoms with Crippen molar-refractivity contribution in [1.82, 2.24) is 5.32 Å². The van der Waals surface area contributed by atoms with E-state index in [0.29, 0.717) is 5.92 Å². The topological polar surface area (TPSA) is 38.3 Å². The molecule has 0 fully saturated rings. The van der Waals surface area contributed by atoms with Crippen LogP contribution in [-0.4, -0.2) is 25.7 Å². The van der Waals surface area contributed by atoms with Gasteiger partial charge >= 0.3 is 5.97 Å². The van der Waals surface area contributed by atoms with Crippen molar-refractivity contribution in [3.63, 3.8) is 0 Å². The van der Waals surface area contributed by atoms with E-state index in [2.05, 4.69) is 19.2 Å². The van der Waals surface area contributed by atoms with E-state index >= 15 is 0 Å². The summed E-state index contributed by atoms with van der Waals surface area (Å²) >= 11 is 0. The van der Waals surface area contributed by atoms with Gasteiger partial charge in [0.2, 0.25) is 0 Å². The highest BCUT2D eigenvalue weighted by Gasteiger charge is 2.26. The zero-order chi connectivity index (χ0) is 11.0. The molecule has 0 aromatic carbocycles. The van der Waals surface area contributed by atoms with Crippen LogP contribution in [0.25, 0.3) is 0 Å². The van der Waals surface area contributed by atoms with Gasteiger partial charge in [-0.05, 0) is 18.9 Å². The maximum absolute atomic E-state index is 11.5. The fraction of sp³-hybridized carbons (Fsp3) is 0.909. The van der Waals surface area contributed by atoms with E-state index in [1.807, 2.05) is 6.92 Å². The number of nitrogens with one attached hydrogen (secondary N) is 1. The fourth-order valence-electron chi connectivity index (χ4n) is 1.77. The molecule has 0 spiro atoms. The molecule has 2 atom stereocenters. The van der Waals surface area contributed by atoms with Gasteiger partial charge in [-0.15, -0.1) is 0 Å². The normalized spacial score (nSPS) is 14.9. The number of methoxy groups -OCH3 is 1. The third kappa shape index (κ3) is 4.09. The molecular weight excluding hydrogens is 178 g/mol. The zero-order valence-electron chi connectivity index (χ0n) is 9.80. The Morgan fingerprint density at radius 1 is 1.36 bits per heavy atom. The van der Waals surface area contributed by atoms with Crippen LogP contribution in [-0.2, 0) is 9.53 Å². The second kappa shape index (κ2) is 7.80. The molecule has 0 aromatic rings. The molecule has 3 nitrogen and oxygen atoms in total. The van der Waals surface area contributed by atoms with E-state index < -0.39 is 0 Å². The standard InChI is InChI=1S/C11H23NO2/c1-5-8-9(6-2)10(12-7-3)11(13)14-4/h9-10,12H,5-8H2,1-4H3. The van der Waals surface area contributed by atoms with Crippen LogP contribution in [0.15, 0.2) is 0 Å². The zero-order valence-corrected chi connectivity index (χ0v) is 9.80. The molecule has 2 unspecified atom stereocenters. The minimum absolute atomic E-state index is 0.130. The van der Waals surface area contributed by atoms with Crippen LogP contribution < -0.4 is 5.32 Å². The minimum atomic E-state index is -0.132. The minimum Gasteiger partial charge on any atom is -0.468 e. The molecule has 0 aliphatic rings. The molecule has 0 aliphatic carbocycles. The van der Waals surface area contributed by atoms with Gasteiger partial charge in [-0.3, -0.25) is 4.79 Å². The van der Waals surface area contributed by atoms with Crippen molar-refractivity contribution >= 4 is 5.97 Å². The number of rotatable bonds is 7. The van der Waals surface area contributed by atoms with E-state index in [4.69, 9.17) is 4.74 Å². The molecule has 0 heterocycles. The lowest BCUT2D eigenvalue weighted by molar-refractivity contribution is -0.144. The molecule has 3 heteroatoms. The first-order chi connectivity index (χ1) is 6.71. The van der Waals surface area contributed by atoms with Crippen LogP contribution in [0.2, 0.25) is 0 Å². The van der Waals surface area contributed by atoms with Gasteiger partial charge in [-0.1, -0.05) is 33.6 Å². The first-order valence-electron chi connectivity index (χ1n) is 5.52. The Hall–Kier alpha value is -0.570. The highest BCUT2D eigenvalue weighted by Crippen LogP contribution is 2.16. The van der Waals surface area contributed by atoms with Gasteiger partial charge in [0.1, 0.15) is 6.04 Å². The average Bonchev–Trinajstić information content (AvgIpc) is 2.22. The Morgan fingerprint density at radius 2 is 2.00 bits per heavy atom. The summed E-state index contributed by atoms with van der Waals surface area (Å²) in [6, 6.07) is -0.130. The second-order valence-electron chi connectivity index (χ2n) is 3.52. The van der Waals surface area contributed by atoms with Crippen molar-refractivity contribution < 1.29 is 9.53 Å². The smallest absolute Gasteiger partial charge is 0.323 e. The molecule has 0 radical (unpaired) electrons. The van der Waals surface area contributed by atoms with E-state index in [0.717, 1.165) is 25.8 Å². The quantitative estimate of drug-likeness (QED) is 0.640. The van der Waals surface area contributed by atoms with Crippen LogP contribution in [0.4, 0.5) is 0 Å². The fourth-order valence-corrected chi connectivity index (χ4v) is 1.77.